The predicted molar refractivity (Wildman–Crippen MR) is 126 cm³/mol. The van der Waals surface area contributed by atoms with Gasteiger partial charge in [0.2, 0.25) is 5.91 Å². The third-order valence-corrected chi connectivity index (χ3v) is 12.2. The summed E-state index contributed by atoms with van der Waals surface area (Å²) in [6, 6.07) is 0. The third-order valence-electron chi connectivity index (χ3n) is 12.2. The van der Waals surface area contributed by atoms with Crippen LogP contribution in [0.25, 0.3) is 0 Å². The molecule has 7 saturated carbocycles. The van der Waals surface area contributed by atoms with E-state index in [0.29, 0.717) is 29.1 Å². The molecule has 2 aliphatic heterocycles. The summed E-state index contributed by atoms with van der Waals surface area (Å²) in [4.78, 5) is 16.2. The monoisotopic (exact) mass is 455 g/mol. The van der Waals surface area contributed by atoms with Gasteiger partial charge in [-0.1, -0.05) is 20.8 Å². The highest BCUT2D eigenvalue weighted by atomic mass is 16.7. The first-order valence-electron chi connectivity index (χ1n) is 13.9. The number of amides is 1. The summed E-state index contributed by atoms with van der Waals surface area (Å²) < 4.78 is 13.4. The summed E-state index contributed by atoms with van der Waals surface area (Å²) in [6.45, 7) is 10.1. The Bertz CT molecular complexity index is 862. The van der Waals surface area contributed by atoms with Gasteiger partial charge in [-0.25, -0.2) is 0 Å². The average molecular weight is 455 g/mol. The van der Waals surface area contributed by atoms with Crippen LogP contribution in [0.15, 0.2) is 0 Å². The Morgan fingerprint density at radius 3 is 2.48 bits per heavy atom. The first-order chi connectivity index (χ1) is 15.5. The maximum atomic E-state index is 14.0. The van der Waals surface area contributed by atoms with Gasteiger partial charge in [0.15, 0.2) is 0 Å². The normalized spacial score (nSPS) is 54.3. The zero-order valence-corrected chi connectivity index (χ0v) is 21.0. The van der Waals surface area contributed by atoms with Gasteiger partial charge in [0, 0.05) is 12.5 Å². The SMILES string of the molecule is C[C@H](C(=O)N1CCC[C@H]1B1O[C@@H]2C[C@@H]3C[C@@H](C3(C)C)[C@]2(C)O1)C12CC3CC(CC(O)(C3)C1)C2. The molecule has 6 heteroatoms. The summed E-state index contributed by atoms with van der Waals surface area (Å²) in [5.74, 6) is 2.82. The van der Waals surface area contributed by atoms with Crippen molar-refractivity contribution in [2.75, 3.05) is 6.54 Å². The molecule has 2 saturated heterocycles. The second-order valence-electron chi connectivity index (χ2n) is 14.3. The van der Waals surface area contributed by atoms with Crippen molar-refractivity contribution in [2.24, 2.45) is 40.4 Å². The molecule has 6 bridgehead atoms. The van der Waals surface area contributed by atoms with Gasteiger partial charge < -0.3 is 19.3 Å². The summed E-state index contributed by atoms with van der Waals surface area (Å²) in [6.07, 6.45) is 10.8. The van der Waals surface area contributed by atoms with Gasteiger partial charge in [-0.3, -0.25) is 4.79 Å². The third kappa shape index (κ3) is 2.81. The van der Waals surface area contributed by atoms with Crippen molar-refractivity contribution in [2.45, 2.75) is 115 Å². The van der Waals surface area contributed by atoms with Gasteiger partial charge in [-0.2, -0.15) is 0 Å². The van der Waals surface area contributed by atoms with Crippen LogP contribution in [0.4, 0.5) is 0 Å². The van der Waals surface area contributed by atoms with E-state index in [1.165, 1.54) is 12.8 Å². The fraction of sp³-hybridized carbons (Fsp3) is 0.963. The molecule has 1 N–H and O–H groups in total. The maximum absolute atomic E-state index is 14.0. The Hall–Kier alpha value is -0.585. The van der Waals surface area contributed by atoms with E-state index in [9.17, 15) is 9.90 Å². The van der Waals surface area contributed by atoms with Crippen molar-refractivity contribution >= 4 is 13.0 Å². The number of hydrogen-bond donors (Lipinski definition) is 1. The Kier molecular flexibility index (Phi) is 4.33. The molecule has 0 spiro atoms. The van der Waals surface area contributed by atoms with Crippen LogP contribution in [0.1, 0.15) is 91.9 Å². The van der Waals surface area contributed by atoms with Gasteiger partial charge in [0.25, 0.3) is 0 Å². The molecule has 0 aromatic heterocycles. The van der Waals surface area contributed by atoms with Gasteiger partial charge in [0.1, 0.15) is 0 Å². The number of carbonyl (C=O) groups is 1. The molecule has 0 aromatic rings. The standard InChI is InChI=1S/C27H42BNO4/c1-16(26-11-17-8-18(12-26)14-27(31,13-17)15-26)23(30)29-7-5-6-22(29)28-32-21-10-19-9-20(24(19,2)3)25(21,4)33-28/h16-22,31H,5-15H2,1-4H3/t16-,17?,18?,19+,20+,21-,22+,25+,26?,27?/m1/s1. The maximum Gasteiger partial charge on any atom is 0.481 e. The van der Waals surface area contributed by atoms with E-state index in [1.807, 2.05) is 0 Å². The van der Waals surface area contributed by atoms with Crippen LogP contribution in [0, 0.1) is 40.4 Å². The van der Waals surface area contributed by atoms with E-state index < -0.39 is 5.60 Å². The number of hydrogen-bond acceptors (Lipinski definition) is 4. The van der Waals surface area contributed by atoms with Crippen LogP contribution < -0.4 is 0 Å². The smallest absolute Gasteiger partial charge is 0.404 e. The van der Waals surface area contributed by atoms with Crippen molar-refractivity contribution in [3.8, 4) is 0 Å². The molecule has 9 fully saturated rings. The molecule has 2 heterocycles. The lowest BCUT2D eigenvalue weighted by Crippen LogP contribution is -2.65. The quantitative estimate of drug-likeness (QED) is 0.648. The largest absolute Gasteiger partial charge is 0.481 e. The van der Waals surface area contributed by atoms with Gasteiger partial charge in [-0.05, 0) is 106 Å². The Balaban J connectivity index is 1.10. The lowest BCUT2D eigenvalue weighted by molar-refractivity contribution is -0.199. The number of aliphatic hydroxyl groups is 1. The van der Waals surface area contributed by atoms with Gasteiger partial charge in [0.05, 0.1) is 23.2 Å². The fourth-order valence-electron chi connectivity index (χ4n) is 10.7. The second kappa shape index (κ2) is 6.59. The van der Waals surface area contributed by atoms with Crippen molar-refractivity contribution in [1.29, 1.82) is 0 Å². The zero-order chi connectivity index (χ0) is 23.0. The van der Waals surface area contributed by atoms with Crippen LogP contribution in [0.3, 0.4) is 0 Å². The molecule has 7 aliphatic carbocycles. The number of nitrogens with zero attached hydrogens (tertiary/aromatic N) is 1. The molecule has 182 valence electrons. The minimum absolute atomic E-state index is 0.00826. The second-order valence-corrected chi connectivity index (χ2v) is 14.3. The lowest BCUT2D eigenvalue weighted by atomic mass is 9.43. The van der Waals surface area contributed by atoms with Crippen molar-refractivity contribution in [3.63, 3.8) is 0 Å². The Labute approximate surface area is 199 Å². The van der Waals surface area contributed by atoms with E-state index in [4.69, 9.17) is 9.31 Å². The number of rotatable bonds is 3. The van der Waals surface area contributed by atoms with Crippen molar-refractivity contribution < 1.29 is 19.2 Å². The molecule has 0 aromatic carbocycles. The van der Waals surface area contributed by atoms with Crippen LogP contribution in [-0.4, -0.2) is 52.8 Å². The summed E-state index contributed by atoms with van der Waals surface area (Å²) in [5.41, 5.74) is -0.402. The number of likely N-dealkylation sites (tertiary alicyclic amines) is 1. The van der Waals surface area contributed by atoms with E-state index in [1.54, 1.807) is 0 Å². The van der Waals surface area contributed by atoms with Crippen molar-refractivity contribution in [1.82, 2.24) is 4.90 Å². The molecule has 33 heavy (non-hydrogen) atoms. The first kappa shape index (κ1) is 21.7. The molecule has 2 unspecified atom stereocenters. The zero-order valence-electron chi connectivity index (χ0n) is 21.0. The Morgan fingerprint density at radius 2 is 1.82 bits per heavy atom. The highest BCUT2D eigenvalue weighted by molar-refractivity contribution is 6.48. The molecular weight excluding hydrogens is 413 g/mol. The molecule has 9 aliphatic rings. The molecule has 0 radical (unpaired) electrons. The summed E-state index contributed by atoms with van der Waals surface area (Å²) >= 11 is 0. The van der Waals surface area contributed by atoms with Crippen molar-refractivity contribution in [3.05, 3.63) is 0 Å². The lowest BCUT2D eigenvalue weighted by Gasteiger charge is -2.64. The van der Waals surface area contributed by atoms with E-state index in [-0.39, 0.29) is 36.1 Å². The van der Waals surface area contributed by atoms with Crippen LogP contribution >= 0.6 is 0 Å². The predicted octanol–water partition coefficient (Wildman–Crippen LogP) is 4.21. The highest BCUT2D eigenvalue weighted by Gasteiger charge is 2.69. The minimum Gasteiger partial charge on any atom is -0.404 e. The molecule has 1 amide bonds. The minimum atomic E-state index is -0.515. The Morgan fingerprint density at radius 1 is 1.09 bits per heavy atom. The first-order valence-corrected chi connectivity index (χ1v) is 13.9. The summed E-state index contributed by atoms with van der Waals surface area (Å²) in [7, 11) is -0.283. The number of carbonyl (C=O) groups excluding carboxylic acids is 1. The average Bonchev–Trinajstić information content (AvgIpc) is 3.34. The van der Waals surface area contributed by atoms with E-state index >= 15 is 0 Å². The van der Waals surface area contributed by atoms with Gasteiger partial charge >= 0.3 is 7.12 Å². The van der Waals surface area contributed by atoms with E-state index in [0.717, 1.165) is 63.8 Å². The summed E-state index contributed by atoms with van der Waals surface area (Å²) in [5, 5.41) is 11.2. The van der Waals surface area contributed by atoms with E-state index in [2.05, 4.69) is 32.6 Å². The molecule has 5 nitrogen and oxygen atoms in total. The highest BCUT2D eigenvalue weighted by Crippen LogP contribution is 2.66. The van der Waals surface area contributed by atoms with Crippen LogP contribution in [0.2, 0.25) is 0 Å². The molecule has 9 rings (SSSR count). The fourth-order valence-corrected chi connectivity index (χ4v) is 10.7. The van der Waals surface area contributed by atoms with Crippen LogP contribution in [-0.2, 0) is 14.1 Å². The molecule has 8 atom stereocenters. The van der Waals surface area contributed by atoms with Gasteiger partial charge in [-0.15, -0.1) is 0 Å². The molecular formula is C27H42BNO4. The topological polar surface area (TPSA) is 59.0 Å². The van der Waals surface area contributed by atoms with Crippen LogP contribution in [0.5, 0.6) is 0 Å².